The zero-order valence-corrected chi connectivity index (χ0v) is 8.46. The van der Waals surface area contributed by atoms with Crippen molar-refractivity contribution in [1.82, 2.24) is 0 Å². The lowest BCUT2D eigenvalue weighted by Gasteiger charge is -2.15. The molecule has 0 aliphatic heterocycles. The van der Waals surface area contributed by atoms with Gasteiger partial charge in [-0.1, -0.05) is 36.2 Å². The standard InChI is InChI=1S/C9H8Cl2F2/c1-2-9(12,13)7-4-3-6(10)5-8(7)11/h3-5H,2H2,1H3. The first-order valence-corrected chi connectivity index (χ1v) is 4.56. The molecule has 1 rings (SSSR count). The van der Waals surface area contributed by atoms with Crippen LogP contribution in [-0.4, -0.2) is 0 Å². The molecule has 0 atom stereocenters. The van der Waals surface area contributed by atoms with Crippen molar-refractivity contribution >= 4 is 23.2 Å². The molecule has 0 aromatic heterocycles. The molecule has 0 bridgehead atoms. The highest BCUT2D eigenvalue weighted by Crippen LogP contribution is 2.36. The lowest BCUT2D eigenvalue weighted by Crippen LogP contribution is -2.11. The Hall–Kier alpha value is -0.340. The van der Waals surface area contributed by atoms with Gasteiger partial charge in [0.05, 0.1) is 5.02 Å². The van der Waals surface area contributed by atoms with E-state index in [2.05, 4.69) is 0 Å². The van der Waals surface area contributed by atoms with E-state index in [0.29, 0.717) is 5.02 Å². The van der Waals surface area contributed by atoms with Crippen LogP contribution in [0.25, 0.3) is 0 Å². The van der Waals surface area contributed by atoms with E-state index in [1.807, 2.05) is 0 Å². The van der Waals surface area contributed by atoms with Crippen molar-refractivity contribution in [2.75, 3.05) is 0 Å². The van der Waals surface area contributed by atoms with Gasteiger partial charge in [0.15, 0.2) is 0 Å². The van der Waals surface area contributed by atoms with Crippen molar-refractivity contribution in [2.45, 2.75) is 19.3 Å². The molecule has 72 valence electrons. The second kappa shape index (κ2) is 3.81. The normalized spacial score (nSPS) is 11.8. The van der Waals surface area contributed by atoms with E-state index in [-0.39, 0.29) is 17.0 Å². The molecular weight excluding hydrogens is 217 g/mol. The van der Waals surface area contributed by atoms with Crippen LogP contribution in [0.4, 0.5) is 8.78 Å². The molecule has 0 aliphatic rings. The van der Waals surface area contributed by atoms with Crippen LogP contribution in [0.3, 0.4) is 0 Å². The van der Waals surface area contributed by atoms with Crippen molar-refractivity contribution < 1.29 is 8.78 Å². The zero-order chi connectivity index (χ0) is 10.1. The van der Waals surface area contributed by atoms with Gasteiger partial charge in [0, 0.05) is 17.0 Å². The number of hydrogen-bond donors (Lipinski definition) is 0. The molecule has 1 aromatic rings. The summed E-state index contributed by atoms with van der Waals surface area (Å²) in [7, 11) is 0. The molecule has 0 N–H and O–H groups in total. The van der Waals surface area contributed by atoms with Crippen molar-refractivity contribution in [3.63, 3.8) is 0 Å². The highest BCUT2D eigenvalue weighted by Gasteiger charge is 2.31. The largest absolute Gasteiger partial charge is 0.274 e. The van der Waals surface area contributed by atoms with Gasteiger partial charge in [0.1, 0.15) is 0 Å². The molecular formula is C9H8Cl2F2. The van der Waals surface area contributed by atoms with Gasteiger partial charge in [-0.3, -0.25) is 0 Å². The van der Waals surface area contributed by atoms with Gasteiger partial charge >= 0.3 is 0 Å². The molecule has 0 fully saturated rings. The lowest BCUT2D eigenvalue weighted by molar-refractivity contribution is -0.00816. The van der Waals surface area contributed by atoms with Crippen LogP contribution >= 0.6 is 23.2 Å². The van der Waals surface area contributed by atoms with E-state index in [4.69, 9.17) is 23.2 Å². The van der Waals surface area contributed by atoms with Gasteiger partial charge < -0.3 is 0 Å². The average Bonchev–Trinajstić information content (AvgIpc) is 2.03. The summed E-state index contributed by atoms with van der Waals surface area (Å²) >= 11 is 11.2. The molecule has 0 saturated heterocycles. The molecule has 0 unspecified atom stereocenters. The van der Waals surface area contributed by atoms with Crippen LogP contribution < -0.4 is 0 Å². The predicted octanol–water partition coefficient (Wildman–Crippen LogP) is 4.50. The number of halogens is 4. The Balaban J connectivity index is 3.16. The average molecular weight is 225 g/mol. The van der Waals surface area contributed by atoms with Gasteiger partial charge in [0.25, 0.3) is 5.92 Å². The maximum Gasteiger partial charge on any atom is 0.274 e. The maximum atomic E-state index is 13.2. The molecule has 0 radical (unpaired) electrons. The Kier molecular flexibility index (Phi) is 3.14. The topological polar surface area (TPSA) is 0 Å². The molecule has 0 amide bonds. The molecule has 0 spiro atoms. The molecule has 0 nitrogen and oxygen atoms in total. The zero-order valence-electron chi connectivity index (χ0n) is 6.95. The highest BCUT2D eigenvalue weighted by atomic mass is 35.5. The monoisotopic (exact) mass is 224 g/mol. The van der Waals surface area contributed by atoms with Crippen molar-refractivity contribution in [1.29, 1.82) is 0 Å². The van der Waals surface area contributed by atoms with Gasteiger partial charge in [0.2, 0.25) is 0 Å². The molecule has 0 aliphatic carbocycles. The van der Waals surface area contributed by atoms with Crippen molar-refractivity contribution in [3.8, 4) is 0 Å². The third-order valence-corrected chi connectivity index (χ3v) is 2.32. The maximum absolute atomic E-state index is 13.2. The van der Waals surface area contributed by atoms with E-state index in [1.165, 1.54) is 25.1 Å². The highest BCUT2D eigenvalue weighted by molar-refractivity contribution is 6.35. The summed E-state index contributed by atoms with van der Waals surface area (Å²) in [6, 6.07) is 3.99. The predicted molar refractivity (Wildman–Crippen MR) is 50.6 cm³/mol. The molecule has 0 heterocycles. The van der Waals surface area contributed by atoms with Crippen LogP contribution in [-0.2, 0) is 5.92 Å². The quantitative estimate of drug-likeness (QED) is 0.695. The van der Waals surface area contributed by atoms with E-state index in [9.17, 15) is 8.78 Å². The number of alkyl halides is 2. The Morgan fingerprint density at radius 3 is 2.38 bits per heavy atom. The Labute approximate surface area is 85.5 Å². The summed E-state index contributed by atoms with van der Waals surface area (Å²) < 4.78 is 26.3. The van der Waals surface area contributed by atoms with E-state index in [1.54, 1.807) is 0 Å². The first-order chi connectivity index (χ1) is 5.97. The minimum atomic E-state index is -2.87. The fourth-order valence-electron chi connectivity index (χ4n) is 0.977. The third kappa shape index (κ3) is 2.32. The molecule has 0 saturated carbocycles. The second-order valence-electron chi connectivity index (χ2n) is 2.68. The van der Waals surface area contributed by atoms with Gasteiger partial charge in [-0.25, -0.2) is 8.78 Å². The summed E-state index contributed by atoms with van der Waals surface area (Å²) in [6.07, 6.45) is -0.269. The van der Waals surface area contributed by atoms with Crippen molar-refractivity contribution in [3.05, 3.63) is 33.8 Å². The van der Waals surface area contributed by atoms with Crippen LogP contribution in [0.2, 0.25) is 10.0 Å². The fourth-order valence-corrected chi connectivity index (χ4v) is 1.52. The van der Waals surface area contributed by atoms with Gasteiger partial charge in [-0.05, 0) is 12.1 Å². The summed E-state index contributed by atoms with van der Waals surface area (Å²) in [5.74, 6) is -2.87. The number of benzene rings is 1. The Morgan fingerprint density at radius 2 is 1.92 bits per heavy atom. The fraction of sp³-hybridized carbons (Fsp3) is 0.333. The van der Waals surface area contributed by atoms with E-state index >= 15 is 0 Å². The first-order valence-electron chi connectivity index (χ1n) is 3.80. The van der Waals surface area contributed by atoms with Gasteiger partial charge in [-0.15, -0.1) is 0 Å². The van der Waals surface area contributed by atoms with E-state index < -0.39 is 5.92 Å². The van der Waals surface area contributed by atoms with Crippen LogP contribution in [0, 0.1) is 0 Å². The minimum Gasteiger partial charge on any atom is -0.201 e. The van der Waals surface area contributed by atoms with Crippen LogP contribution in [0.15, 0.2) is 18.2 Å². The SMILES string of the molecule is CCC(F)(F)c1ccc(Cl)cc1Cl. The lowest BCUT2D eigenvalue weighted by atomic mass is 10.1. The first kappa shape index (κ1) is 10.7. The summed E-state index contributed by atoms with van der Waals surface area (Å²) in [6.45, 7) is 1.41. The third-order valence-electron chi connectivity index (χ3n) is 1.77. The summed E-state index contributed by atoms with van der Waals surface area (Å²) in [5.41, 5.74) is -0.166. The second-order valence-corrected chi connectivity index (χ2v) is 3.53. The van der Waals surface area contributed by atoms with E-state index in [0.717, 1.165) is 0 Å². The van der Waals surface area contributed by atoms with Crippen molar-refractivity contribution in [2.24, 2.45) is 0 Å². The Bertz CT molecular complexity index is 310. The number of hydrogen-bond acceptors (Lipinski definition) is 0. The van der Waals surface area contributed by atoms with Crippen LogP contribution in [0.5, 0.6) is 0 Å². The summed E-state index contributed by atoms with van der Waals surface area (Å²) in [4.78, 5) is 0. The molecule has 1 aromatic carbocycles. The van der Waals surface area contributed by atoms with Gasteiger partial charge in [-0.2, -0.15) is 0 Å². The smallest absolute Gasteiger partial charge is 0.201 e. The summed E-state index contributed by atoms with van der Waals surface area (Å²) in [5, 5.41) is 0.375. The molecule has 13 heavy (non-hydrogen) atoms. The van der Waals surface area contributed by atoms with Crippen LogP contribution in [0.1, 0.15) is 18.9 Å². The number of rotatable bonds is 2. The minimum absolute atomic E-state index is 0.0133. The molecule has 4 heteroatoms. The Morgan fingerprint density at radius 1 is 1.31 bits per heavy atom.